The van der Waals surface area contributed by atoms with Gasteiger partial charge in [0.2, 0.25) is 0 Å². The molecular formula is C14H17ClN4S. The SMILES string of the molecule is CN=C(NCc1ccc(Cl)nc1)NCc1sccc1C. The lowest BCUT2D eigenvalue weighted by Gasteiger charge is -2.11. The molecule has 0 atom stereocenters. The van der Waals surface area contributed by atoms with Crippen LogP contribution in [0.3, 0.4) is 0 Å². The standard InChI is InChI=1S/C14H17ClN4S/c1-10-5-6-20-12(10)9-19-14(16-2)18-8-11-3-4-13(15)17-7-11/h3-7H,8-9H2,1-2H3,(H2,16,18,19). The number of pyridine rings is 1. The summed E-state index contributed by atoms with van der Waals surface area (Å²) < 4.78 is 0. The molecule has 106 valence electrons. The van der Waals surface area contributed by atoms with Gasteiger partial charge in [-0.05, 0) is 35.6 Å². The van der Waals surface area contributed by atoms with Gasteiger partial charge in [0.25, 0.3) is 0 Å². The van der Waals surface area contributed by atoms with Crippen LogP contribution in [0.5, 0.6) is 0 Å². The van der Waals surface area contributed by atoms with Crippen LogP contribution in [0.25, 0.3) is 0 Å². The molecule has 0 aliphatic heterocycles. The van der Waals surface area contributed by atoms with Crippen LogP contribution in [0.15, 0.2) is 34.8 Å². The largest absolute Gasteiger partial charge is 0.352 e. The first-order valence-corrected chi connectivity index (χ1v) is 7.52. The number of nitrogens with zero attached hydrogens (tertiary/aromatic N) is 2. The minimum atomic E-state index is 0.504. The summed E-state index contributed by atoms with van der Waals surface area (Å²) in [6.45, 7) is 3.55. The maximum Gasteiger partial charge on any atom is 0.191 e. The highest BCUT2D eigenvalue weighted by Crippen LogP contribution is 2.14. The Bertz CT molecular complexity index is 577. The van der Waals surface area contributed by atoms with Crippen molar-refractivity contribution in [1.82, 2.24) is 15.6 Å². The molecule has 0 amide bonds. The number of rotatable bonds is 4. The summed E-state index contributed by atoms with van der Waals surface area (Å²) in [6, 6.07) is 5.85. The number of thiophene rings is 1. The predicted octanol–water partition coefficient (Wildman–Crippen LogP) is 2.97. The zero-order chi connectivity index (χ0) is 14.4. The molecule has 0 aliphatic carbocycles. The number of aryl methyl sites for hydroxylation is 1. The van der Waals surface area contributed by atoms with Crippen LogP contribution < -0.4 is 10.6 Å². The molecule has 0 radical (unpaired) electrons. The summed E-state index contributed by atoms with van der Waals surface area (Å²) in [4.78, 5) is 9.57. The van der Waals surface area contributed by atoms with E-state index in [0.29, 0.717) is 11.7 Å². The van der Waals surface area contributed by atoms with E-state index in [1.807, 2.05) is 6.07 Å². The Labute approximate surface area is 127 Å². The average molecular weight is 309 g/mol. The Balaban J connectivity index is 1.84. The fourth-order valence-electron chi connectivity index (χ4n) is 1.67. The van der Waals surface area contributed by atoms with Gasteiger partial charge in [0.1, 0.15) is 5.15 Å². The van der Waals surface area contributed by atoms with E-state index in [4.69, 9.17) is 11.6 Å². The predicted molar refractivity (Wildman–Crippen MR) is 85.3 cm³/mol. The molecule has 2 aromatic rings. The second-order valence-electron chi connectivity index (χ2n) is 4.30. The van der Waals surface area contributed by atoms with E-state index in [2.05, 4.69) is 39.0 Å². The number of hydrogen-bond donors (Lipinski definition) is 2. The lowest BCUT2D eigenvalue weighted by atomic mass is 10.3. The lowest BCUT2D eigenvalue weighted by Crippen LogP contribution is -2.36. The number of aliphatic imine (C=N–C) groups is 1. The maximum atomic E-state index is 5.76. The van der Waals surface area contributed by atoms with Crippen molar-refractivity contribution in [3.05, 3.63) is 50.9 Å². The minimum absolute atomic E-state index is 0.504. The Morgan fingerprint density at radius 1 is 1.30 bits per heavy atom. The van der Waals surface area contributed by atoms with Gasteiger partial charge in [-0.2, -0.15) is 0 Å². The third-order valence-electron chi connectivity index (χ3n) is 2.86. The fraction of sp³-hybridized carbons (Fsp3) is 0.286. The molecule has 0 bridgehead atoms. The molecule has 2 N–H and O–H groups in total. The van der Waals surface area contributed by atoms with Crippen molar-refractivity contribution in [2.75, 3.05) is 7.05 Å². The van der Waals surface area contributed by atoms with Crippen molar-refractivity contribution >= 4 is 28.9 Å². The van der Waals surface area contributed by atoms with E-state index in [-0.39, 0.29) is 0 Å². The summed E-state index contributed by atoms with van der Waals surface area (Å²) in [5, 5.41) is 9.15. The molecule has 0 spiro atoms. The van der Waals surface area contributed by atoms with E-state index in [0.717, 1.165) is 18.1 Å². The zero-order valence-electron chi connectivity index (χ0n) is 11.5. The Morgan fingerprint density at radius 3 is 2.70 bits per heavy atom. The fourth-order valence-corrected chi connectivity index (χ4v) is 2.62. The lowest BCUT2D eigenvalue weighted by molar-refractivity contribution is 0.811. The molecule has 0 aromatic carbocycles. The Kier molecular flexibility index (Phi) is 5.38. The number of halogens is 1. The Hall–Kier alpha value is -1.59. The van der Waals surface area contributed by atoms with Gasteiger partial charge < -0.3 is 10.6 Å². The number of guanidine groups is 1. The van der Waals surface area contributed by atoms with E-state index >= 15 is 0 Å². The molecule has 0 unspecified atom stereocenters. The number of aromatic nitrogens is 1. The quantitative estimate of drug-likeness (QED) is 0.519. The van der Waals surface area contributed by atoms with E-state index in [9.17, 15) is 0 Å². The van der Waals surface area contributed by atoms with Crippen LogP contribution in [-0.4, -0.2) is 18.0 Å². The van der Waals surface area contributed by atoms with Gasteiger partial charge in [-0.3, -0.25) is 4.99 Å². The maximum absolute atomic E-state index is 5.76. The smallest absolute Gasteiger partial charge is 0.191 e. The van der Waals surface area contributed by atoms with Crippen LogP contribution in [0.4, 0.5) is 0 Å². The molecule has 0 saturated carbocycles. The zero-order valence-corrected chi connectivity index (χ0v) is 13.1. The normalized spacial score (nSPS) is 11.4. The van der Waals surface area contributed by atoms with Crippen molar-refractivity contribution < 1.29 is 0 Å². The highest BCUT2D eigenvalue weighted by molar-refractivity contribution is 7.10. The van der Waals surface area contributed by atoms with Crippen LogP contribution in [0.1, 0.15) is 16.0 Å². The van der Waals surface area contributed by atoms with Gasteiger partial charge in [0.05, 0.1) is 6.54 Å². The number of nitrogens with one attached hydrogen (secondary N) is 2. The summed E-state index contributed by atoms with van der Waals surface area (Å²) in [7, 11) is 1.76. The molecule has 4 nitrogen and oxygen atoms in total. The molecule has 20 heavy (non-hydrogen) atoms. The van der Waals surface area contributed by atoms with Crippen molar-refractivity contribution in [3.63, 3.8) is 0 Å². The average Bonchev–Trinajstić information content (AvgIpc) is 2.86. The van der Waals surface area contributed by atoms with E-state index < -0.39 is 0 Å². The summed E-state index contributed by atoms with van der Waals surface area (Å²) in [6.07, 6.45) is 1.76. The van der Waals surface area contributed by atoms with Crippen molar-refractivity contribution in [1.29, 1.82) is 0 Å². The van der Waals surface area contributed by atoms with Crippen LogP contribution in [0.2, 0.25) is 5.15 Å². The monoisotopic (exact) mass is 308 g/mol. The van der Waals surface area contributed by atoms with Gasteiger partial charge in [0, 0.05) is 24.7 Å². The van der Waals surface area contributed by atoms with Crippen molar-refractivity contribution in [2.45, 2.75) is 20.0 Å². The molecular weight excluding hydrogens is 292 g/mol. The highest BCUT2D eigenvalue weighted by Gasteiger charge is 2.02. The Morgan fingerprint density at radius 2 is 2.10 bits per heavy atom. The molecule has 2 rings (SSSR count). The number of hydrogen-bond acceptors (Lipinski definition) is 3. The second-order valence-corrected chi connectivity index (χ2v) is 5.68. The molecule has 0 fully saturated rings. The van der Waals surface area contributed by atoms with Gasteiger partial charge in [0.15, 0.2) is 5.96 Å². The topological polar surface area (TPSA) is 49.3 Å². The molecule has 2 heterocycles. The summed E-state index contributed by atoms with van der Waals surface area (Å²) >= 11 is 7.50. The summed E-state index contributed by atoms with van der Waals surface area (Å²) in [5.41, 5.74) is 2.37. The molecule has 6 heteroatoms. The minimum Gasteiger partial charge on any atom is -0.352 e. The highest BCUT2D eigenvalue weighted by atomic mass is 35.5. The first kappa shape index (κ1) is 14.8. The van der Waals surface area contributed by atoms with E-state index in [1.54, 1.807) is 30.6 Å². The third kappa shape index (κ3) is 4.21. The molecule has 0 aliphatic rings. The van der Waals surface area contributed by atoms with Gasteiger partial charge in [-0.15, -0.1) is 11.3 Å². The summed E-state index contributed by atoms with van der Waals surface area (Å²) in [5.74, 6) is 0.771. The third-order valence-corrected chi connectivity index (χ3v) is 4.10. The van der Waals surface area contributed by atoms with Crippen LogP contribution in [-0.2, 0) is 13.1 Å². The van der Waals surface area contributed by atoms with E-state index in [1.165, 1.54) is 10.4 Å². The van der Waals surface area contributed by atoms with Crippen LogP contribution in [0, 0.1) is 6.92 Å². The second kappa shape index (κ2) is 7.26. The van der Waals surface area contributed by atoms with Crippen LogP contribution >= 0.6 is 22.9 Å². The van der Waals surface area contributed by atoms with Gasteiger partial charge in [-0.25, -0.2) is 4.98 Å². The molecule has 0 saturated heterocycles. The van der Waals surface area contributed by atoms with Gasteiger partial charge in [-0.1, -0.05) is 17.7 Å². The van der Waals surface area contributed by atoms with Crippen molar-refractivity contribution in [3.8, 4) is 0 Å². The van der Waals surface area contributed by atoms with Gasteiger partial charge >= 0.3 is 0 Å². The first-order valence-electron chi connectivity index (χ1n) is 6.27. The molecule has 2 aromatic heterocycles. The first-order chi connectivity index (χ1) is 9.69. The van der Waals surface area contributed by atoms with Crippen molar-refractivity contribution in [2.24, 2.45) is 4.99 Å².